The Hall–Kier alpha value is -5.94. The van der Waals surface area contributed by atoms with Crippen molar-refractivity contribution < 1.29 is 0 Å². The smallest absolute Gasteiger partial charge is 0.160 e. The van der Waals surface area contributed by atoms with Gasteiger partial charge in [0.2, 0.25) is 0 Å². The Labute approximate surface area is 297 Å². The van der Waals surface area contributed by atoms with Gasteiger partial charge in [-0.1, -0.05) is 121 Å². The molecular formula is C46H28N2S2. The van der Waals surface area contributed by atoms with Gasteiger partial charge in [-0.3, -0.25) is 0 Å². The summed E-state index contributed by atoms with van der Waals surface area (Å²) in [6, 6.07) is 60.9. The average molecular weight is 673 g/mol. The monoisotopic (exact) mass is 672 g/mol. The van der Waals surface area contributed by atoms with Crippen molar-refractivity contribution >= 4 is 63.0 Å². The third-order valence-corrected chi connectivity index (χ3v) is 11.7. The van der Waals surface area contributed by atoms with E-state index in [2.05, 4.69) is 170 Å². The van der Waals surface area contributed by atoms with Crippen LogP contribution in [0.3, 0.4) is 0 Å². The SMILES string of the molecule is c1ccc(-c2cc(-c3ccccc3)cc(-c3cc(-c4ccc5c(c4)sc4ccccc45)nc(-c4ccc5c(c4)sc4ccccc45)n3)c2)cc1. The van der Waals surface area contributed by atoms with Gasteiger partial charge >= 0.3 is 0 Å². The Balaban J connectivity index is 1.20. The number of rotatable bonds is 5. The van der Waals surface area contributed by atoms with Crippen molar-refractivity contribution in [2.75, 3.05) is 0 Å². The summed E-state index contributed by atoms with van der Waals surface area (Å²) < 4.78 is 5.09. The van der Waals surface area contributed by atoms with Crippen LogP contribution in [0.25, 0.3) is 96.5 Å². The van der Waals surface area contributed by atoms with Crippen molar-refractivity contribution in [3.63, 3.8) is 0 Å². The second-order valence-corrected chi connectivity index (χ2v) is 14.8. The summed E-state index contributed by atoms with van der Waals surface area (Å²) in [6.45, 7) is 0. The predicted octanol–water partition coefficient (Wildman–Crippen LogP) is 13.5. The normalized spacial score (nSPS) is 11.6. The molecule has 234 valence electrons. The highest BCUT2D eigenvalue weighted by Crippen LogP contribution is 2.40. The van der Waals surface area contributed by atoms with Gasteiger partial charge in [-0.2, -0.15) is 0 Å². The first-order valence-electron chi connectivity index (χ1n) is 16.7. The Morgan fingerprint density at radius 3 is 1.30 bits per heavy atom. The van der Waals surface area contributed by atoms with Crippen LogP contribution in [0, 0.1) is 0 Å². The molecule has 0 aliphatic heterocycles. The minimum atomic E-state index is 0.722. The maximum absolute atomic E-state index is 5.32. The molecule has 0 aliphatic carbocycles. The summed E-state index contributed by atoms with van der Waals surface area (Å²) in [5.41, 5.74) is 9.61. The molecule has 0 saturated carbocycles. The average Bonchev–Trinajstić information content (AvgIpc) is 3.76. The van der Waals surface area contributed by atoms with Gasteiger partial charge in [0.15, 0.2) is 5.82 Å². The molecule has 0 saturated heterocycles. The lowest BCUT2D eigenvalue weighted by molar-refractivity contribution is 1.19. The molecule has 10 rings (SSSR count). The van der Waals surface area contributed by atoms with E-state index < -0.39 is 0 Å². The van der Waals surface area contributed by atoms with Gasteiger partial charge in [0, 0.05) is 57.0 Å². The van der Waals surface area contributed by atoms with E-state index in [1.54, 1.807) is 0 Å². The highest BCUT2D eigenvalue weighted by atomic mass is 32.1. The van der Waals surface area contributed by atoms with E-state index in [-0.39, 0.29) is 0 Å². The fourth-order valence-electron chi connectivity index (χ4n) is 6.99. The number of thiophene rings is 2. The highest BCUT2D eigenvalue weighted by Gasteiger charge is 2.16. The number of aromatic nitrogens is 2. The zero-order valence-electron chi connectivity index (χ0n) is 26.9. The Bertz CT molecular complexity index is 2680. The summed E-state index contributed by atoms with van der Waals surface area (Å²) in [7, 11) is 0. The summed E-state index contributed by atoms with van der Waals surface area (Å²) in [4.78, 5) is 10.6. The van der Waals surface area contributed by atoms with Gasteiger partial charge < -0.3 is 0 Å². The number of nitrogens with zero attached hydrogens (tertiary/aromatic N) is 2. The van der Waals surface area contributed by atoms with Crippen LogP contribution in [0.2, 0.25) is 0 Å². The maximum Gasteiger partial charge on any atom is 0.160 e. The van der Waals surface area contributed by atoms with Gasteiger partial charge in [-0.25, -0.2) is 9.97 Å². The second kappa shape index (κ2) is 11.9. The molecule has 4 heteroatoms. The van der Waals surface area contributed by atoms with E-state index in [0.717, 1.165) is 45.0 Å². The lowest BCUT2D eigenvalue weighted by atomic mass is 9.94. The molecule has 0 bridgehead atoms. The zero-order chi connectivity index (χ0) is 33.0. The summed E-state index contributed by atoms with van der Waals surface area (Å²) in [6.07, 6.45) is 0. The lowest BCUT2D eigenvalue weighted by Gasteiger charge is -2.13. The van der Waals surface area contributed by atoms with Crippen LogP contribution >= 0.6 is 22.7 Å². The van der Waals surface area contributed by atoms with Gasteiger partial charge in [-0.05, 0) is 70.8 Å². The van der Waals surface area contributed by atoms with E-state index in [9.17, 15) is 0 Å². The molecule has 10 aromatic rings. The molecule has 7 aromatic carbocycles. The number of hydrogen-bond acceptors (Lipinski definition) is 4. The van der Waals surface area contributed by atoms with Crippen molar-refractivity contribution in [3.05, 3.63) is 170 Å². The zero-order valence-corrected chi connectivity index (χ0v) is 28.5. The van der Waals surface area contributed by atoms with Crippen molar-refractivity contribution in [3.8, 4) is 56.2 Å². The Morgan fingerprint density at radius 2 is 0.720 bits per heavy atom. The minimum Gasteiger partial charge on any atom is -0.228 e. The van der Waals surface area contributed by atoms with Gasteiger partial charge in [0.25, 0.3) is 0 Å². The molecule has 3 heterocycles. The quantitative estimate of drug-likeness (QED) is 0.182. The van der Waals surface area contributed by atoms with Crippen molar-refractivity contribution in [1.82, 2.24) is 9.97 Å². The van der Waals surface area contributed by atoms with Crippen molar-refractivity contribution in [1.29, 1.82) is 0 Å². The van der Waals surface area contributed by atoms with Crippen molar-refractivity contribution in [2.24, 2.45) is 0 Å². The van der Waals surface area contributed by atoms with Crippen LogP contribution in [-0.2, 0) is 0 Å². The van der Waals surface area contributed by atoms with Crippen LogP contribution in [0.1, 0.15) is 0 Å². The fraction of sp³-hybridized carbons (Fsp3) is 0. The molecule has 0 amide bonds. The van der Waals surface area contributed by atoms with Crippen molar-refractivity contribution in [2.45, 2.75) is 0 Å². The standard InChI is InChI=1S/C46H28N2S2/c1-3-11-29(12-4-1)33-23-34(30-13-5-2-6-14-30)25-35(24-33)41-28-40(31-19-21-38-36-15-7-9-17-42(36)49-44(38)26-31)47-46(48-41)32-20-22-39-37-16-8-10-18-43(37)50-45(39)27-32/h1-28H. The van der Waals surface area contributed by atoms with Crippen LogP contribution < -0.4 is 0 Å². The third kappa shape index (κ3) is 5.09. The molecule has 0 fully saturated rings. The van der Waals surface area contributed by atoms with Crippen LogP contribution in [0.15, 0.2) is 170 Å². The molecule has 0 spiro atoms. The van der Waals surface area contributed by atoms with Gasteiger partial charge in [0.1, 0.15) is 0 Å². The van der Waals surface area contributed by atoms with E-state index in [0.29, 0.717) is 0 Å². The molecular weight excluding hydrogens is 645 g/mol. The lowest BCUT2D eigenvalue weighted by Crippen LogP contribution is -1.96. The minimum absolute atomic E-state index is 0.722. The molecule has 0 N–H and O–H groups in total. The summed E-state index contributed by atoms with van der Waals surface area (Å²) >= 11 is 3.65. The number of fused-ring (bicyclic) bond motifs is 6. The Morgan fingerprint density at radius 1 is 0.280 bits per heavy atom. The van der Waals surface area contributed by atoms with Gasteiger partial charge in [0.05, 0.1) is 11.4 Å². The number of benzene rings is 7. The molecule has 0 aliphatic rings. The Kier molecular flexibility index (Phi) is 6.90. The highest BCUT2D eigenvalue weighted by molar-refractivity contribution is 7.26. The maximum atomic E-state index is 5.32. The van der Waals surface area contributed by atoms with Crippen LogP contribution in [0.5, 0.6) is 0 Å². The number of hydrogen-bond donors (Lipinski definition) is 0. The fourth-order valence-corrected chi connectivity index (χ4v) is 9.28. The van der Waals surface area contributed by atoms with E-state index >= 15 is 0 Å². The van der Waals surface area contributed by atoms with E-state index in [1.165, 1.54) is 51.5 Å². The molecule has 0 atom stereocenters. The third-order valence-electron chi connectivity index (χ3n) is 9.48. The molecule has 0 radical (unpaired) electrons. The molecule has 3 aromatic heterocycles. The first-order chi connectivity index (χ1) is 24.7. The second-order valence-electron chi connectivity index (χ2n) is 12.6. The topological polar surface area (TPSA) is 25.8 Å². The molecule has 2 nitrogen and oxygen atoms in total. The molecule has 50 heavy (non-hydrogen) atoms. The van der Waals surface area contributed by atoms with E-state index in [1.807, 2.05) is 22.7 Å². The first-order valence-corrected chi connectivity index (χ1v) is 18.4. The largest absolute Gasteiger partial charge is 0.228 e. The van der Waals surface area contributed by atoms with Crippen LogP contribution in [-0.4, -0.2) is 9.97 Å². The molecule has 0 unspecified atom stereocenters. The summed E-state index contributed by atoms with van der Waals surface area (Å²) in [5.74, 6) is 0.722. The first kappa shape index (κ1) is 29.0. The van der Waals surface area contributed by atoms with Crippen LogP contribution in [0.4, 0.5) is 0 Å². The van der Waals surface area contributed by atoms with E-state index in [4.69, 9.17) is 9.97 Å². The summed E-state index contributed by atoms with van der Waals surface area (Å²) in [5, 5.41) is 5.13. The van der Waals surface area contributed by atoms with Gasteiger partial charge in [-0.15, -0.1) is 22.7 Å². The predicted molar refractivity (Wildman–Crippen MR) is 215 cm³/mol.